The van der Waals surface area contributed by atoms with Gasteiger partial charge in [-0.15, -0.1) is 0 Å². The van der Waals surface area contributed by atoms with Gasteiger partial charge in [-0.25, -0.2) is 0 Å². The Morgan fingerprint density at radius 2 is 0.487 bits per heavy atom. The molecular formula is C74H132O6. The molecule has 0 saturated carbocycles. The number of rotatable bonds is 64. The van der Waals surface area contributed by atoms with E-state index >= 15 is 0 Å². The molecule has 0 radical (unpaired) electrons. The van der Waals surface area contributed by atoms with Crippen LogP contribution in [0.3, 0.4) is 0 Å². The predicted octanol–water partition coefficient (Wildman–Crippen LogP) is 24.1. The zero-order chi connectivity index (χ0) is 57.8. The molecule has 0 heterocycles. The standard InChI is InChI=1S/C74H132O6/c1-4-7-10-13-16-19-22-25-28-31-33-35-36-37-38-40-41-43-46-49-52-55-58-61-64-67-73(76)79-70-71(69-78-72(75)66-63-60-57-54-51-48-45-30-27-24-21-18-15-12-9-6-3)80-74(77)68-65-62-59-56-53-50-47-44-42-39-34-32-29-26-23-20-17-14-11-8-5-2/h8,11,17,20,26,29,31,33-34,39,44,47,71H,4-7,9-10,12-16,18-19,21-25,27-28,30,32,35-38,40-43,45-46,48-70H2,1-3H3/b11-8-,20-17-,29-26-,33-31-,39-34-,47-44-. The molecule has 0 rings (SSSR count). The van der Waals surface area contributed by atoms with Gasteiger partial charge in [-0.05, 0) is 89.9 Å². The molecule has 0 fully saturated rings. The molecule has 0 N–H and O–H groups in total. The van der Waals surface area contributed by atoms with E-state index in [1.165, 1.54) is 212 Å². The Balaban J connectivity index is 4.34. The third-order valence-electron chi connectivity index (χ3n) is 15.4. The molecule has 0 aromatic heterocycles. The second kappa shape index (κ2) is 68.3. The summed E-state index contributed by atoms with van der Waals surface area (Å²) in [5.41, 5.74) is 0. The first-order valence-electron chi connectivity index (χ1n) is 34.9. The monoisotopic (exact) mass is 1120 g/mol. The lowest BCUT2D eigenvalue weighted by molar-refractivity contribution is -0.167. The fraction of sp³-hybridized carbons (Fsp3) is 0.797. The number of allylic oxidation sites excluding steroid dienone is 12. The fourth-order valence-electron chi connectivity index (χ4n) is 10.2. The number of carbonyl (C=O) groups excluding carboxylic acids is 3. The first-order chi connectivity index (χ1) is 39.5. The van der Waals surface area contributed by atoms with Crippen molar-refractivity contribution in [3.05, 3.63) is 72.9 Å². The topological polar surface area (TPSA) is 78.9 Å². The van der Waals surface area contributed by atoms with Crippen molar-refractivity contribution in [1.29, 1.82) is 0 Å². The van der Waals surface area contributed by atoms with Crippen LogP contribution in [0.25, 0.3) is 0 Å². The van der Waals surface area contributed by atoms with Crippen LogP contribution in [0.5, 0.6) is 0 Å². The zero-order valence-electron chi connectivity index (χ0n) is 53.3. The lowest BCUT2D eigenvalue weighted by Gasteiger charge is -2.18. The summed E-state index contributed by atoms with van der Waals surface area (Å²) in [7, 11) is 0. The maximum Gasteiger partial charge on any atom is 0.306 e. The number of esters is 3. The molecule has 6 nitrogen and oxygen atoms in total. The van der Waals surface area contributed by atoms with Crippen LogP contribution < -0.4 is 0 Å². The normalized spacial score (nSPS) is 12.5. The number of hydrogen-bond donors (Lipinski definition) is 0. The molecule has 6 heteroatoms. The highest BCUT2D eigenvalue weighted by molar-refractivity contribution is 5.71. The van der Waals surface area contributed by atoms with Crippen molar-refractivity contribution in [2.75, 3.05) is 13.2 Å². The average Bonchev–Trinajstić information content (AvgIpc) is 3.46. The Labute approximate surface area is 497 Å². The SMILES string of the molecule is CC/C=C\C/C=C\C/C=C\C/C=C\C/C=C\CCCCCCCC(=O)OC(COC(=O)CCCCCCCCCCCCCCC/C=C\CCCCCCCCCC)COC(=O)CCCCCCCCCCCCCCCCCC. The molecule has 1 atom stereocenters. The van der Waals surface area contributed by atoms with E-state index in [-0.39, 0.29) is 31.1 Å². The number of ether oxygens (including phenoxy) is 3. The minimum atomic E-state index is -0.786. The van der Waals surface area contributed by atoms with Crippen LogP contribution in [0.2, 0.25) is 0 Å². The maximum absolute atomic E-state index is 12.9. The summed E-state index contributed by atoms with van der Waals surface area (Å²) in [6.07, 6.45) is 89.2. The van der Waals surface area contributed by atoms with Crippen molar-refractivity contribution in [2.24, 2.45) is 0 Å². The third kappa shape index (κ3) is 65.7. The second-order valence-electron chi connectivity index (χ2n) is 23.4. The Bertz CT molecular complexity index is 1470. The Morgan fingerprint density at radius 3 is 0.775 bits per heavy atom. The van der Waals surface area contributed by atoms with E-state index in [2.05, 4.69) is 93.7 Å². The summed E-state index contributed by atoms with van der Waals surface area (Å²) in [4.78, 5) is 38.5. The molecule has 0 aromatic carbocycles. The minimum absolute atomic E-state index is 0.0795. The molecule has 1 unspecified atom stereocenters. The zero-order valence-corrected chi connectivity index (χ0v) is 53.3. The molecule has 0 bridgehead atoms. The van der Waals surface area contributed by atoms with Crippen LogP contribution in [-0.4, -0.2) is 37.2 Å². The van der Waals surface area contributed by atoms with Gasteiger partial charge in [0.2, 0.25) is 0 Å². The molecule has 0 aliphatic rings. The molecule has 0 aliphatic carbocycles. The molecule has 80 heavy (non-hydrogen) atoms. The van der Waals surface area contributed by atoms with Crippen LogP contribution >= 0.6 is 0 Å². The summed E-state index contributed by atoms with van der Waals surface area (Å²) in [6, 6.07) is 0. The maximum atomic E-state index is 12.9. The summed E-state index contributed by atoms with van der Waals surface area (Å²) < 4.78 is 17.0. The van der Waals surface area contributed by atoms with Crippen molar-refractivity contribution in [3.63, 3.8) is 0 Å². The van der Waals surface area contributed by atoms with E-state index in [9.17, 15) is 14.4 Å². The van der Waals surface area contributed by atoms with Crippen molar-refractivity contribution in [1.82, 2.24) is 0 Å². The van der Waals surface area contributed by atoms with E-state index in [1.807, 2.05) is 0 Å². The Kier molecular flexibility index (Phi) is 65.7. The minimum Gasteiger partial charge on any atom is -0.462 e. The third-order valence-corrected chi connectivity index (χ3v) is 15.4. The molecule has 464 valence electrons. The number of unbranched alkanes of at least 4 members (excludes halogenated alkanes) is 41. The van der Waals surface area contributed by atoms with Crippen LogP contribution in [-0.2, 0) is 28.6 Å². The summed E-state index contributed by atoms with van der Waals surface area (Å²) >= 11 is 0. The average molecular weight is 1120 g/mol. The lowest BCUT2D eigenvalue weighted by Crippen LogP contribution is -2.30. The van der Waals surface area contributed by atoms with Crippen LogP contribution in [0, 0.1) is 0 Å². The molecule has 0 aliphatic heterocycles. The first kappa shape index (κ1) is 76.9. The Morgan fingerprint density at radius 1 is 0.263 bits per heavy atom. The quantitative estimate of drug-likeness (QED) is 0.0261. The highest BCUT2D eigenvalue weighted by atomic mass is 16.6. The van der Waals surface area contributed by atoms with Gasteiger partial charge in [-0.2, -0.15) is 0 Å². The van der Waals surface area contributed by atoms with E-state index in [4.69, 9.17) is 14.2 Å². The van der Waals surface area contributed by atoms with Crippen LogP contribution in [0.4, 0.5) is 0 Å². The van der Waals surface area contributed by atoms with Gasteiger partial charge >= 0.3 is 17.9 Å². The van der Waals surface area contributed by atoms with E-state index in [0.29, 0.717) is 19.3 Å². The molecule has 0 saturated heterocycles. The second-order valence-corrected chi connectivity index (χ2v) is 23.4. The van der Waals surface area contributed by atoms with Gasteiger partial charge in [0.1, 0.15) is 13.2 Å². The van der Waals surface area contributed by atoms with Gasteiger partial charge < -0.3 is 14.2 Å². The van der Waals surface area contributed by atoms with Gasteiger partial charge in [0.05, 0.1) is 0 Å². The molecule has 0 spiro atoms. The van der Waals surface area contributed by atoms with Crippen LogP contribution in [0.15, 0.2) is 72.9 Å². The van der Waals surface area contributed by atoms with E-state index in [0.717, 1.165) is 109 Å². The van der Waals surface area contributed by atoms with Crippen molar-refractivity contribution >= 4 is 17.9 Å². The smallest absolute Gasteiger partial charge is 0.306 e. The fourth-order valence-corrected chi connectivity index (χ4v) is 10.2. The van der Waals surface area contributed by atoms with Crippen LogP contribution in [0.1, 0.15) is 361 Å². The highest BCUT2D eigenvalue weighted by Gasteiger charge is 2.19. The number of hydrogen-bond acceptors (Lipinski definition) is 6. The molecule has 0 amide bonds. The van der Waals surface area contributed by atoms with Crippen molar-refractivity contribution in [3.8, 4) is 0 Å². The van der Waals surface area contributed by atoms with Gasteiger partial charge in [0.15, 0.2) is 6.10 Å². The molecular weight excluding hydrogens is 985 g/mol. The van der Waals surface area contributed by atoms with Gasteiger partial charge in [0, 0.05) is 19.3 Å². The summed E-state index contributed by atoms with van der Waals surface area (Å²) in [5.74, 6) is -0.877. The first-order valence-corrected chi connectivity index (χ1v) is 34.9. The molecule has 0 aromatic rings. The summed E-state index contributed by atoms with van der Waals surface area (Å²) in [5, 5.41) is 0. The van der Waals surface area contributed by atoms with E-state index in [1.54, 1.807) is 0 Å². The van der Waals surface area contributed by atoms with E-state index < -0.39 is 6.10 Å². The Hall–Kier alpha value is -3.15. The lowest BCUT2D eigenvalue weighted by atomic mass is 10.0. The largest absolute Gasteiger partial charge is 0.462 e. The van der Waals surface area contributed by atoms with Crippen molar-refractivity contribution in [2.45, 2.75) is 367 Å². The van der Waals surface area contributed by atoms with Gasteiger partial charge in [-0.3, -0.25) is 14.4 Å². The van der Waals surface area contributed by atoms with Gasteiger partial charge in [0.25, 0.3) is 0 Å². The number of carbonyl (C=O) groups is 3. The highest BCUT2D eigenvalue weighted by Crippen LogP contribution is 2.18. The van der Waals surface area contributed by atoms with Gasteiger partial charge in [-0.1, -0.05) is 325 Å². The van der Waals surface area contributed by atoms with Crippen molar-refractivity contribution < 1.29 is 28.6 Å². The summed E-state index contributed by atoms with van der Waals surface area (Å²) in [6.45, 7) is 6.57. The predicted molar refractivity (Wildman–Crippen MR) is 348 cm³/mol.